The largest absolute Gasteiger partial charge is 0.477 e. The van der Waals surface area contributed by atoms with Crippen molar-refractivity contribution < 1.29 is 14.8 Å². The molecular formula is C10H7N3O4S3. The highest BCUT2D eigenvalue weighted by molar-refractivity contribution is 8.03. The number of thioether (sulfide) groups is 1. The van der Waals surface area contributed by atoms with Crippen LogP contribution in [0.1, 0.15) is 10.4 Å². The molecule has 20 heavy (non-hydrogen) atoms. The molecule has 0 atom stereocenters. The Morgan fingerprint density at radius 2 is 2.10 bits per heavy atom. The third kappa shape index (κ3) is 3.08. The smallest absolute Gasteiger partial charge is 0.342 e. The van der Waals surface area contributed by atoms with Gasteiger partial charge in [0.2, 0.25) is 0 Å². The van der Waals surface area contributed by atoms with Crippen LogP contribution in [0.15, 0.2) is 31.8 Å². The lowest BCUT2D eigenvalue weighted by atomic mass is 10.2. The highest BCUT2D eigenvalue weighted by atomic mass is 32.2. The fraction of sp³-hybridized carbons (Fsp3) is 0.100. The zero-order valence-corrected chi connectivity index (χ0v) is 12.4. The van der Waals surface area contributed by atoms with Gasteiger partial charge in [0.05, 0.1) is 9.82 Å². The maximum atomic E-state index is 11.1. The molecule has 1 N–H and O–H groups in total. The zero-order valence-electron chi connectivity index (χ0n) is 9.97. The van der Waals surface area contributed by atoms with E-state index in [-0.39, 0.29) is 10.5 Å². The van der Waals surface area contributed by atoms with Crippen LogP contribution in [-0.4, -0.2) is 32.5 Å². The van der Waals surface area contributed by atoms with Crippen molar-refractivity contribution in [3.63, 3.8) is 0 Å². The van der Waals surface area contributed by atoms with Gasteiger partial charge in [0.15, 0.2) is 8.68 Å². The van der Waals surface area contributed by atoms with Crippen molar-refractivity contribution in [1.82, 2.24) is 10.2 Å². The van der Waals surface area contributed by atoms with Gasteiger partial charge in [0.1, 0.15) is 5.56 Å². The second kappa shape index (κ2) is 6.20. The van der Waals surface area contributed by atoms with Gasteiger partial charge in [-0.3, -0.25) is 10.1 Å². The number of aromatic carboxylic acids is 1. The highest BCUT2D eigenvalue weighted by Crippen LogP contribution is 2.39. The summed E-state index contributed by atoms with van der Waals surface area (Å²) in [5.41, 5.74) is -0.763. The second-order valence-electron chi connectivity index (χ2n) is 3.35. The summed E-state index contributed by atoms with van der Waals surface area (Å²) in [4.78, 5) is 21.7. The topological polar surface area (TPSA) is 106 Å². The van der Waals surface area contributed by atoms with Crippen molar-refractivity contribution >= 4 is 46.5 Å². The monoisotopic (exact) mass is 329 g/mol. The number of rotatable bonds is 5. The van der Waals surface area contributed by atoms with Crippen LogP contribution in [0.3, 0.4) is 0 Å². The first kappa shape index (κ1) is 14.8. The van der Waals surface area contributed by atoms with Gasteiger partial charge in [-0.15, -0.1) is 10.2 Å². The summed E-state index contributed by atoms with van der Waals surface area (Å²) in [6.07, 6.45) is 1.85. The molecule has 7 nitrogen and oxygen atoms in total. The molecule has 0 aliphatic heterocycles. The molecule has 0 saturated carbocycles. The molecule has 0 amide bonds. The lowest BCUT2D eigenvalue weighted by molar-refractivity contribution is -0.388. The van der Waals surface area contributed by atoms with Gasteiger partial charge in [-0.2, -0.15) is 0 Å². The minimum atomic E-state index is -1.33. The number of nitro groups is 1. The fourth-order valence-electron chi connectivity index (χ4n) is 1.38. The Hall–Kier alpha value is -1.65. The summed E-state index contributed by atoms with van der Waals surface area (Å²) >= 11 is 3.76. The second-order valence-corrected chi connectivity index (χ2v) is 6.67. The Morgan fingerprint density at radius 3 is 2.65 bits per heavy atom. The number of nitro benzene ring substituents is 1. The summed E-state index contributed by atoms with van der Waals surface area (Å²) in [5, 5.41) is 27.9. The molecule has 0 aliphatic rings. The van der Waals surface area contributed by atoms with E-state index in [4.69, 9.17) is 5.11 Å². The molecule has 1 aromatic carbocycles. The van der Waals surface area contributed by atoms with Crippen LogP contribution < -0.4 is 0 Å². The number of carboxylic acids is 1. The molecule has 0 radical (unpaired) electrons. The Bertz CT molecular complexity index is 674. The predicted molar refractivity (Wildman–Crippen MR) is 75.9 cm³/mol. The minimum absolute atomic E-state index is 0.235. The van der Waals surface area contributed by atoms with Gasteiger partial charge >= 0.3 is 5.97 Å². The quantitative estimate of drug-likeness (QED) is 0.507. The molecule has 104 valence electrons. The van der Waals surface area contributed by atoms with Crippen LogP contribution in [0, 0.1) is 10.1 Å². The van der Waals surface area contributed by atoms with Crippen LogP contribution >= 0.6 is 34.9 Å². The molecule has 1 aromatic heterocycles. The van der Waals surface area contributed by atoms with E-state index in [2.05, 4.69) is 10.2 Å². The van der Waals surface area contributed by atoms with Crippen LogP contribution in [0.4, 0.5) is 5.69 Å². The summed E-state index contributed by atoms with van der Waals surface area (Å²) in [6.45, 7) is 0. The Balaban J connectivity index is 2.43. The van der Waals surface area contributed by atoms with Crippen molar-refractivity contribution in [1.29, 1.82) is 0 Å². The number of para-hydroxylation sites is 1. The van der Waals surface area contributed by atoms with Crippen molar-refractivity contribution in [3.8, 4) is 0 Å². The van der Waals surface area contributed by atoms with Crippen LogP contribution in [0.25, 0.3) is 0 Å². The number of aromatic nitrogens is 2. The number of nitrogens with zero attached hydrogens (tertiary/aromatic N) is 3. The minimum Gasteiger partial charge on any atom is -0.477 e. The first-order chi connectivity index (χ1) is 9.52. The molecule has 10 heteroatoms. The van der Waals surface area contributed by atoms with E-state index >= 15 is 0 Å². The fourth-order valence-corrected chi connectivity index (χ4v) is 3.91. The number of benzene rings is 1. The number of carboxylic acid groups (broad SMARTS) is 1. The lowest BCUT2D eigenvalue weighted by Crippen LogP contribution is -2.03. The molecule has 2 aromatic rings. The summed E-state index contributed by atoms with van der Waals surface area (Å²) in [5.74, 6) is -1.33. The number of hydrogen-bond acceptors (Lipinski definition) is 8. The van der Waals surface area contributed by atoms with E-state index in [0.29, 0.717) is 4.34 Å². The van der Waals surface area contributed by atoms with Gasteiger partial charge in [-0.05, 0) is 30.2 Å². The van der Waals surface area contributed by atoms with E-state index in [1.165, 1.54) is 41.3 Å². The molecule has 0 spiro atoms. The van der Waals surface area contributed by atoms with E-state index in [9.17, 15) is 14.9 Å². The third-order valence-corrected chi connectivity index (χ3v) is 5.17. The predicted octanol–water partition coefficient (Wildman–Crippen LogP) is 3.02. The van der Waals surface area contributed by atoms with Crippen molar-refractivity contribution in [2.75, 3.05) is 6.26 Å². The average molecular weight is 329 g/mol. The molecule has 2 rings (SSSR count). The standard InChI is InChI=1S/C10H7N3O4S3/c1-18-9-11-12-10(20-9)19-6-4-2-3-5(8(14)15)7(6)13(16)17/h2-4H,1H3,(H,14,15). The molecule has 0 bridgehead atoms. The summed E-state index contributed by atoms with van der Waals surface area (Å²) in [7, 11) is 0. The highest BCUT2D eigenvalue weighted by Gasteiger charge is 2.25. The van der Waals surface area contributed by atoms with Crippen LogP contribution in [0.5, 0.6) is 0 Å². The first-order valence-electron chi connectivity index (χ1n) is 5.09. The number of carbonyl (C=O) groups is 1. The van der Waals surface area contributed by atoms with Gasteiger partial charge < -0.3 is 5.11 Å². The molecule has 0 fully saturated rings. The average Bonchev–Trinajstić information content (AvgIpc) is 2.85. The van der Waals surface area contributed by atoms with E-state index in [0.717, 1.165) is 16.1 Å². The zero-order chi connectivity index (χ0) is 14.7. The van der Waals surface area contributed by atoms with E-state index in [1.54, 1.807) is 0 Å². The van der Waals surface area contributed by atoms with Crippen molar-refractivity contribution in [2.45, 2.75) is 13.6 Å². The van der Waals surface area contributed by atoms with Gasteiger partial charge in [-0.1, -0.05) is 29.2 Å². The van der Waals surface area contributed by atoms with E-state index < -0.39 is 16.6 Å². The van der Waals surface area contributed by atoms with Gasteiger partial charge in [0.25, 0.3) is 5.69 Å². The Morgan fingerprint density at radius 1 is 1.40 bits per heavy atom. The molecule has 0 saturated heterocycles. The number of hydrogen-bond donors (Lipinski definition) is 1. The maximum absolute atomic E-state index is 11.1. The maximum Gasteiger partial charge on any atom is 0.342 e. The Kier molecular flexibility index (Phi) is 4.57. The summed E-state index contributed by atoms with van der Waals surface area (Å²) < 4.78 is 1.27. The van der Waals surface area contributed by atoms with Crippen LogP contribution in [0.2, 0.25) is 0 Å². The molecular weight excluding hydrogens is 322 g/mol. The van der Waals surface area contributed by atoms with Crippen molar-refractivity contribution in [3.05, 3.63) is 33.9 Å². The molecule has 0 aliphatic carbocycles. The van der Waals surface area contributed by atoms with Crippen molar-refractivity contribution in [2.24, 2.45) is 0 Å². The summed E-state index contributed by atoms with van der Waals surface area (Å²) in [6, 6.07) is 4.17. The SMILES string of the molecule is CSc1nnc(Sc2cccc(C(=O)O)c2[N+](=O)[O-])s1. The third-order valence-electron chi connectivity index (χ3n) is 2.17. The van der Waals surface area contributed by atoms with Gasteiger partial charge in [0, 0.05) is 0 Å². The van der Waals surface area contributed by atoms with Gasteiger partial charge in [-0.25, -0.2) is 4.79 Å². The molecule has 1 heterocycles. The van der Waals surface area contributed by atoms with Crippen LogP contribution in [-0.2, 0) is 0 Å². The molecule has 0 unspecified atom stereocenters. The lowest BCUT2D eigenvalue weighted by Gasteiger charge is -2.02. The first-order valence-corrected chi connectivity index (χ1v) is 7.94. The Labute approximate surface area is 125 Å². The normalized spacial score (nSPS) is 10.4. The van der Waals surface area contributed by atoms with E-state index in [1.807, 2.05) is 6.26 Å².